The molecule has 0 aliphatic rings. The monoisotopic (exact) mass is 331 g/mol. The van der Waals surface area contributed by atoms with E-state index in [0.29, 0.717) is 5.56 Å². The largest absolute Gasteiger partial charge is 0.298 e. The van der Waals surface area contributed by atoms with Crippen LogP contribution in [0.3, 0.4) is 0 Å². The summed E-state index contributed by atoms with van der Waals surface area (Å²) < 4.78 is 1.48. The molecule has 1 heterocycles. The van der Waals surface area contributed by atoms with E-state index in [1.54, 1.807) is 24.3 Å². The van der Waals surface area contributed by atoms with E-state index in [1.807, 2.05) is 32.8 Å². The number of aromatic nitrogens is 4. The molecule has 0 fully saturated rings. The number of benzene rings is 1. The number of tetrazole rings is 1. The molecule has 0 aliphatic carbocycles. The molecule has 1 atom stereocenters. The maximum atomic E-state index is 12.2. The van der Waals surface area contributed by atoms with Crippen LogP contribution in [-0.2, 0) is 4.79 Å². The summed E-state index contributed by atoms with van der Waals surface area (Å²) in [4.78, 5) is 26.1. The smallest absolute Gasteiger partial charge is 0.269 e. The number of carbonyl (C=O) groups excluding carboxylic acids is 2. The summed E-state index contributed by atoms with van der Waals surface area (Å²) in [7, 11) is 3.65. The van der Waals surface area contributed by atoms with Crippen LogP contribution in [0.1, 0.15) is 24.2 Å². The van der Waals surface area contributed by atoms with Crippen LogP contribution < -0.4 is 10.9 Å². The Hall–Kier alpha value is -2.81. The number of hydrazine groups is 1. The Bertz CT molecular complexity index is 672. The van der Waals surface area contributed by atoms with Crippen molar-refractivity contribution in [3.8, 4) is 5.69 Å². The van der Waals surface area contributed by atoms with E-state index in [1.165, 1.54) is 11.0 Å². The highest BCUT2D eigenvalue weighted by atomic mass is 16.2. The number of nitrogens with one attached hydrogen (secondary N) is 2. The van der Waals surface area contributed by atoms with Crippen molar-refractivity contribution in [1.82, 2.24) is 36.0 Å². The molecule has 1 unspecified atom stereocenters. The summed E-state index contributed by atoms with van der Waals surface area (Å²) in [5.74, 6) is -0.533. The van der Waals surface area contributed by atoms with Gasteiger partial charge in [-0.1, -0.05) is 13.8 Å². The number of hydrogen-bond acceptors (Lipinski definition) is 6. The molecule has 9 nitrogen and oxygen atoms in total. The highest BCUT2D eigenvalue weighted by molar-refractivity contribution is 5.96. The van der Waals surface area contributed by atoms with Gasteiger partial charge in [0.25, 0.3) is 11.8 Å². The van der Waals surface area contributed by atoms with Gasteiger partial charge in [0.1, 0.15) is 6.33 Å². The molecular weight excluding hydrogens is 310 g/mol. The van der Waals surface area contributed by atoms with E-state index in [-0.39, 0.29) is 17.9 Å². The van der Waals surface area contributed by atoms with Gasteiger partial charge in [0.05, 0.1) is 11.7 Å². The van der Waals surface area contributed by atoms with Crippen molar-refractivity contribution in [3.05, 3.63) is 36.2 Å². The first-order valence-corrected chi connectivity index (χ1v) is 7.50. The Kier molecular flexibility index (Phi) is 5.59. The number of carbonyl (C=O) groups is 2. The number of hydrogen-bond donors (Lipinski definition) is 2. The Balaban J connectivity index is 1.96. The molecular formula is C15H21N7O2. The van der Waals surface area contributed by atoms with E-state index in [9.17, 15) is 9.59 Å². The number of rotatable bonds is 5. The standard InChI is InChI=1S/C15H21N7O2/c1-10(2)13(21(3)4)15(24)18-17-14(23)11-5-7-12(8-6-11)22-9-16-19-20-22/h5-10,13H,1-4H3,(H,17,23)(H,18,24). The van der Waals surface area contributed by atoms with Gasteiger partial charge in [0.15, 0.2) is 0 Å². The molecule has 2 aromatic rings. The van der Waals surface area contributed by atoms with Crippen molar-refractivity contribution in [2.45, 2.75) is 19.9 Å². The van der Waals surface area contributed by atoms with Crippen LogP contribution in [0.2, 0.25) is 0 Å². The van der Waals surface area contributed by atoms with Crippen molar-refractivity contribution in [1.29, 1.82) is 0 Å². The highest BCUT2D eigenvalue weighted by Gasteiger charge is 2.24. The lowest BCUT2D eigenvalue weighted by Gasteiger charge is -2.26. The van der Waals surface area contributed by atoms with Crippen LogP contribution >= 0.6 is 0 Å². The average molecular weight is 331 g/mol. The van der Waals surface area contributed by atoms with Crippen LogP contribution in [0.15, 0.2) is 30.6 Å². The molecule has 2 N–H and O–H groups in total. The predicted octanol–water partition coefficient (Wildman–Crippen LogP) is 0.00950. The minimum absolute atomic E-state index is 0.118. The van der Waals surface area contributed by atoms with E-state index >= 15 is 0 Å². The second-order valence-corrected chi connectivity index (χ2v) is 5.90. The Morgan fingerprint density at radius 2 is 1.79 bits per heavy atom. The summed E-state index contributed by atoms with van der Waals surface area (Å²) in [6, 6.07) is 6.36. The third kappa shape index (κ3) is 4.13. The van der Waals surface area contributed by atoms with Crippen molar-refractivity contribution in [3.63, 3.8) is 0 Å². The fraction of sp³-hybridized carbons (Fsp3) is 0.400. The molecule has 0 bridgehead atoms. The topological polar surface area (TPSA) is 105 Å². The third-order valence-corrected chi connectivity index (χ3v) is 3.50. The fourth-order valence-electron chi connectivity index (χ4n) is 2.44. The molecule has 1 aromatic carbocycles. The lowest BCUT2D eigenvalue weighted by atomic mass is 10.0. The summed E-state index contributed by atoms with van der Waals surface area (Å²) in [5, 5.41) is 10.9. The van der Waals surface area contributed by atoms with Crippen molar-refractivity contribution < 1.29 is 9.59 Å². The highest BCUT2D eigenvalue weighted by Crippen LogP contribution is 2.08. The zero-order chi connectivity index (χ0) is 17.7. The normalized spacial score (nSPS) is 12.2. The maximum absolute atomic E-state index is 12.2. The summed E-state index contributed by atoms with van der Waals surface area (Å²) in [6.45, 7) is 3.90. The average Bonchev–Trinajstić information content (AvgIpc) is 3.06. The summed E-state index contributed by atoms with van der Waals surface area (Å²) >= 11 is 0. The first-order valence-electron chi connectivity index (χ1n) is 7.50. The van der Waals surface area contributed by atoms with Gasteiger partial charge in [-0.25, -0.2) is 4.68 Å². The Labute approximate surface area is 140 Å². The van der Waals surface area contributed by atoms with E-state index in [2.05, 4.69) is 26.4 Å². The molecule has 1 aromatic heterocycles. The third-order valence-electron chi connectivity index (χ3n) is 3.50. The second-order valence-electron chi connectivity index (χ2n) is 5.90. The molecule has 0 radical (unpaired) electrons. The molecule has 24 heavy (non-hydrogen) atoms. The first kappa shape index (κ1) is 17.5. The number of nitrogens with zero attached hydrogens (tertiary/aromatic N) is 5. The van der Waals surface area contributed by atoms with Gasteiger partial charge in [-0.15, -0.1) is 5.10 Å². The predicted molar refractivity (Wildman–Crippen MR) is 87.1 cm³/mol. The SMILES string of the molecule is CC(C)C(C(=O)NNC(=O)c1ccc(-n2cnnn2)cc1)N(C)C. The van der Waals surface area contributed by atoms with Gasteiger partial charge in [-0.2, -0.15) is 0 Å². The van der Waals surface area contributed by atoms with Crippen LogP contribution in [0, 0.1) is 5.92 Å². The molecule has 2 amide bonds. The molecule has 0 saturated carbocycles. The van der Waals surface area contributed by atoms with Gasteiger partial charge in [0, 0.05) is 5.56 Å². The number of amides is 2. The van der Waals surface area contributed by atoms with Gasteiger partial charge in [-0.05, 0) is 54.7 Å². The minimum atomic E-state index is -0.395. The summed E-state index contributed by atoms with van der Waals surface area (Å²) in [6.07, 6.45) is 1.46. The van der Waals surface area contributed by atoms with Crippen molar-refractivity contribution in [2.75, 3.05) is 14.1 Å². The van der Waals surface area contributed by atoms with Crippen LogP contribution in [-0.4, -0.2) is 57.1 Å². The van der Waals surface area contributed by atoms with E-state index in [0.717, 1.165) is 5.69 Å². The van der Waals surface area contributed by atoms with Gasteiger partial charge in [-0.3, -0.25) is 25.3 Å². The summed E-state index contributed by atoms with van der Waals surface area (Å²) in [5.41, 5.74) is 6.04. The molecule has 0 aliphatic heterocycles. The lowest BCUT2D eigenvalue weighted by molar-refractivity contribution is -0.127. The first-order chi connectivity index (χ1) is 11.4. The quantitative estimate of drug-likeness (QED) is 0.748. The molecule has 128 valence electrons. The van der Waals surface area contributed by atoms with E-state index in [4.69, 9.17) is 0 Å². The maximum Gasteiger partial charge on any atom is 0.269 e. The van der Waals surface area contributed by atoms with Crippen molar-refractivity contribution >= 4 is 11.8 Å². The Morgan fingerprint density at radius 1 is 1.12 bits per heavy atom. The minimum Gasteiger partial charge on any atom is -0.298 e. The zero-order valence-corrected chi connectivity index (χ0v) is 14.1. The molecule has 0 spiro atoms. The zero-order valence-electron chi connectivity index (χ0n) is 14.1. The Morgan fingerprint density at radius 3 is 2.29 bits per heavy atom. The second kappa shape index (κ2) is 7.64. The van der Waals surface area contributed by atoms with Crippen LogP contribution in [0.4, 0.5) is 0 Å². The number of likely N-dealkylation sites (N-methyl/N-ethyl adjacent to an activating group) is 1. The van der Waals surface area contributed by atoms with Gasteiger partial charge < -0.3 is 0 Å². The van der Waals surface area contributed by atoms with Crippen molar-refractivity contribution in [2.24, 2.45) is 5.92 Å². The van der Waals surface area contributed by atoms with Gasteiger partial charge in [0.2, 0.25) is 0 Å². The fourth-order valence-corrected chi connectivity index (χ4v) is 2.44. The molecule has 9 heteroatoms. The van der Waals surface area contributed by atoms with Crippen LogP contribution in [0.25, 0.3) is 5.69 Å². The molecule has 0 saturated heterocycles. The van der Waals surface area contributed by atoms with Crippen LogP contribution in [0.5, 0.6) is 0 Å². The van der Waals surface area contributed by atoms with E-state index < -0.39 is 5.91 Å². The molecule has 2 rings (SSSR count). The lowest BCUT2D eigenvalue weighted by Crippen LogP contribution is -2.52. The van der Waals surface area contributed by atoms with Gasteiger partial charge >= 0.3 is 0 Å².